The van der Waals surface area contributed by atoms with Gasteiger partial charge in [0.05, 0.1) is 12.8 Å². The molecule has 19 heavy (non-hydrogen) atoms. The SMILES string of the molecule is COc1ccc(N2NNN=C2C(F)(F)F)cc1CN. The maximum atomic E-state index is 12.7. The lowest BCUT2D eigenvalue weighted by Gasteiger charge is -2.21. The van der Waals surface area contributed by atoms with E-state index in [4.69, 9.17) is 10.5 Å². The third-order valence-corrected chi connectivity index (χ3v) is 2.53. The number of hydrazone groups is 1. The monoisotopic (exact) mass is 275 g/mol. The molecule has 0 saturated carbocycles. The lowest BCUT2D eigenvalue weighted by molar-refractivity contribution is -0.0599. The molecule has 0 unspecified atom stereocenters. The van der Waals surface area contributed by atoms with E-state index >= 15 is 0 Å². The number of hydrazine groups is 2. The molecule has 0 fully saturated rings. The number of hydrogen-bond donors (Lipinski definition) is 3. The Hall–Kier alpha value is -2.00. The van der Waals surface area contributed by atoms with Crippen LogP contribution in [0, 0.1) is 0 Å². The first-order valence-electron chi connectivity index (χ1n) is 5.30. The molecule has 9 heteroatoms. The first-order valence-corrected chi connectivity index (χ1v) is 5.30. The van der Waals surface area contributed by atoms with Gasteiger partial charge < -0.3 is 10.5 Å². The second-order valence-electron chi connectivity index (χ2n) is 3.69. The molecular weight excluding hydrogens is 263 g/mol. The highest BCUT2D eigenvalue weighted by molar-refractivity contribution is 6.01. The molecule has 0 amide bonds. The minimum atomic E-state index is -4.57. The Kier molecular flexibility index (Phi) is 3.49. The largest absolute Gasteiger partial charge is 0.496 e. The molecule has 0 aromatic heterocycles. The number of benzene rings is 1. The van der Waals surface area contributed by atoms with E-state index in [1.54, 1.807) is 6.07 Å². The molecule has 1 aliphatic heterocycles. The van der Waals surface area contributed by atoms with E-state index < -0.39 is 12.0 Å². The third kappa shape index (κ3) is 2.56. The number of halogens is 3. The number of methoxy groups -OCH3 is 1. The second kappa shape index (κ2) is 4.94. The third-order valence-electron chi connectivity index (χ3n) is 2.53. The van der Waals surface area contributed by atoms with Crippen LogP contribution in [0.1, 0.15) is 5.56 Å². The van der Waals surface area contributed by atoms with Gasteiger partial charge in [0.2, 0.25) is 0 Å². The lowest BCUT2D eigenvalue weighted by Crippen LogP contribution is -2.46. The number of amidine groups is 1. The van der Waals surface area contributed by atoms with Gasteiger partial charge in [-0.1, -0.05) is 0 Å². The molecule has 4 N–H and O–H groups in total. The van der Waals surface area contributed by atoms with Crippen molar-refractivity contribution in [1.82, 2.24) is 11.1 Å². The summed E-state index contributed by atoms with van der Waals surface area (Å²) in [6.07, 6.45) is -4.57. The zero-order valence-corrected chi connectivity index (χ0v) is 9.95. The number of nitrogens with zero attached hydrogens (tertiary/aromatic N) is 2. The second-order valence-corrected chi connectivity index (χ2v) is 3.69. The number of alkyl halides is 3. The number of nitrogens with two attached hydrogens (primary N) is 1. The van der Waals surface area contributed by atoms with Crippen LogP contribution in [0.3, 0.4) is 0 Å². The van der Waals surface area contributed by atoms with E-state index in [0.29, 0.717) is 11.3 Å². The molecule has 1 aromatic carbocycles. The van der Waals surface area contributed by atoms with Gasteiger partial charge in [-0.2, -0.15) is 13.2 Å². The molecule has 2 rings (SSSR count). The maximum absolute atomic E-state index is 12.7. The topological polar surface area (TPSA) is 74.9 Å². The van der Waals surface area contributed by atoms with Gasteiger partial charge in [-0.25, -0.2) is 10.5 Å². The summed E-state index contributed by atoms with van der Waals surface area (Å²) in [7, 11) is 1.46. The molecule has 0 atom stereocenters. The van der Waals surface area contributed by atoms with Gasteiger partial charge in [0.1, 0.15) is 5.75 Å². The number of nitrogens with one attached hydrogen (secondary N) is 2. The highest BCUT2D eigenvalue weighted by Crippen LogP contribution is 2.28. The summed E-state index contributed by atoms with van der Waals surface area (Å²) in [5.41, 5.74) is 10.7. The zero-order valence-electron chi connectivity index (χ0n) is 9.95. The molecule has 0 bridgehead atoms. The summed E-state index contributed by atoms with van der Waals surface area (Å²) in [5, 5.41) is 3.95. The molecule has 104 valence electrons. The Labute approximate surface area is 107 Å². The molecule has 0 radical (unpaired) electrons. The van der Waals surface area contributed by atoms with Gasteiger partial charge in [0.25, 0.3) is 5.84 Å². The van der Waals surface area contributed by atoms with Crippen molar-refractivity contribution in [3.05, 3.63) is 23.8 Å². The van der Waals surface area contributed by atoms with Crippen LogP contribution >= 0.6 is 0 Å². The molecule has 6 nitrogen and oxygen atoms in total. The Morgan fingerprint density at radius 3 is 2.74 bits per heavy atom. The standard InChI is InChI=1S/C10H12F3N5O/c1-19-8-3-2-7(4-6(8)5-14)18-9(10(11,12)13)15-16-17-18/h2-4,16-17H,5,14H2,1H3. The smallest absolute Gasteiger partial charge is 0.453 e. The highest BCUT2D eigenvalue weighted by atomic mass is 19.4. The zero-order chi connectivity index (χ0) is 14.0. The van der Waals surface area contributed by atoms with Crippen LogP contribution in [0.25, 0.3) is 0 Å². The minimum absolute atomic E-state index is 0.150. The van der Waals surface area contributed by atoms with Crippen LogP contribution in [0.5, 0.6) is 5.75 Å². The summed E-state index contributed by atoms with van der Waals surface area (Å²) >= 11 is 0. The van der Waals surface area contributed by atoms with Crippen molar-refractivity contribution in [3.8, 4) is 5.75 Å². The predicted octanol–water partition coefficient (Wildman–Crippen LogP) is 0.859. The van der Waals surface area contributed by atoms with Crippen LogP contribution in [0.2, 0.25) is 0 Å². The summed E-state index contributed by atoms with van der Waals surface area (Å²) in [5.74, 6) is -0.565. The average Bonchev–Trinajstić information content (AvgIpc) is 2.87. The Bertz CT molecular complexity index is 502. The van der Waals surface area contributed by atoms with E-state index in [9.17, 15) is 13.2 Å². The fraction of sp³-hybridized carbons (Fsp3) is 0.300. The van der Waals surface area contributed by atoms with Crippen molar-refractivity contribution in [3.63, 3.8) is 0 Å². The fourth-order valence-corrected chi connectivity index (χ4v) is 1.67. The molecule has 1 aliphatic rings. The van der Waals surface area contributed by atoms with E-state index in [1.165, 1.54) is 19.2 Å². The van der Waals surface area contributed by atoms with E-state index in [-0.39, 0.29) is 12.2 Å². The predicted molar refractivity (Wildman–Crippen MR) is 63.1 cm³/mol. The lowest BCUT2D eigenvalue weighted by atomic mass is 10.1. The van der Waals surface area contributed by atoms with Crippen molar-refractivity contribution in [2.24, 2.45) is 10.8 Å². The summed E-state index contributed by atoms with van der Waals surface area (Å²) in [6, 6.07) is 4.52. The number of anilines is 1. The highest BCUT2D eigenvalue weighted by Gasteiger charge is 2.43. The Morgan fingerprint density at radius 2 is 2.16 bits per heavy atom. The Morgan fingerprint density at radius 1 is 1.42 bits per heavy atom. The van der Waals surface area contributed by atoms with Crippen LogP contribution in [0.15, 0.2) is 23.3 Å². The number of ether oxygens (including phenoxy) is 1. The number of hydrogen-bond acceptors (Lipinski definition) is 6. The van der Waals surface area contributed by atoms with E-state index in [1.807, 2.05) is 0 Å². The van der Waals surface area contributed by atoms with Crippen molar-refractivity contribution in [2.45, 2.75) is 12.7 Å². The molecule has 0 spiro atoms. The van der Waals surface area contributed by atoms with Gasteiger partial charge in [0, 0.05) is 12.1 Å². The van der Waals surface area contributed by atoms with E-state index in [2.05, 4.69) is 16.2 Å². The summed E-state index contributed by atoms with van der Waals surface area (Å²) < 4.78 is 43.2. The average molecular weight is 275 g/mol. The van der Waals surface area contributed by atoms with Crippen molar-refractivity contribution in [2.75, 3.05) is 12.1 Å². The Balaban J connectivity index is 2.35. The summed E-state index contributed by atoms with van der Waals surface area (Å²) in [6.45, 7) is 0.150. The van der Waals surface area contributed by atoms with Crippen molar-refractivity contribution >= 4 is 11.5 Å². The molecular formula is C10H12F3N5O. The molecule has 0 saturated heterocycles. The van der Waals surface area contributed by atoms with Crippen LogP contribution in [-0.4, -0.2) is 19.1 Å². The first kappa shape index (κ1) is 13.4. The van der Waals surface area contributed by atoms with Gasteiger partial charge in [-0.15, -0.1) is 10.6 Å². The molecule has 0 aliphatic carbocycles. The molecule has 1 aromatic rings. The van der Waals surface area contributed by atoms with Gasteiger partial charge >= 0.3 is 6.18 Å². The first-order chi connectivity index (χ1) is 8.97. The van der Waals surface area contributed by atoms with Crippen molar-refractivity contribution < 1.29 is 17.9 Å². The van der Waals surface area contributed by atoms with Gasteiger partial charge in [-0.05, 0) is 18.2 Å². The molecule has 1 heterocycles. The van der Waals surface area contributed by atoms with E-state index in [0.717, 1.165) is 5.01 Å². The quantitative estimate of drug-likeness (QED) is 0.763. The minimum Gasteiger partial charge on any atom is -0.496 e. The maximum Gasteiger partial charge on any atom is 0.453 e. The van der Waals surface area contributed by atoms with Crippen LogP contribution < -0.4 is 26.5 Å². The number of rotatable bonds is 3. The van der Waals surface area contributed by atoms with Crippen LogP contribution in [0.4, 0.5) is 18.9 Å². The van der Waals surface area contributed by atoms with Gasteiger partial charge in [-0.3, -0.25) is 0 Å². The van der Waals surface area contributed by atoms with Crippen molar-refractivity contribution in [1.29, 1.82) is 0 Å². The fourth-order valence-electron chi connectivity index (χ4n) is 1.67. The van der Waals surface area contributed by atoms with Crippen LogP contribution in [-0.2, 0) is 6.54 Å². The summed E-state index contributed by atoms with van der Waals surface area (Å²) in [4.78, 5) is 0. The normalized spacial score (nSPS) is 15.2. The van der Waals surface area contributed by atoms with Gasteiger partial charge in [0.15, 0.2) is 0 Å².